The van der Waals surface area contributed by atoms with Crippen molar-refractivity contribution in [1.82, 2.24) is 9.97 Å². The van der Waals surface area contributed by atoms with E-state index in [9.17, 15) is 14.9 Å². The molecule has 0 bridgehead atoms. The molecule has 0 aliphatic carbocycles. The number of pyridine rings is 1. The van der Waals surface area contributed by atoms with Crippen LogP contribution in [0.4, 0.5) is 5.69 Å². The van der Waals surface area contributed by atoms with Crippen molar-refractivity contribution in [3.63, 3.8) is 0 Å². The Morgan fingerprint density at radius 3 is 2.77 bits per heavy atom. The van der Waals surface area contributed by atoms with E-state index in [1.54, 1.807) is 18.3 Å². The molecule has 0 atom stereocenters. The van der Waals surface area contributed by atoms with E-state index in [2.05, 4.69) is 9.97 Å². The van der Waals surface area contributed by atoms with Crippen LogP contribution >= 0.6 is 0 Å². The van der Waals surface area contributed by atoms with Crippen molar-refractivity contribution in [1.29, 1.82) is 0 Å². The molecule has 22 heavy (non-hydrogen) atoms. The molecule has 2 aromatic heterocycles. The highest BCUT2D eigenvalue weighted by atomic mass is 16.6. The lowest BCUT2D eigenvalue weighted by atomic mass is 10.2. The maximum Gasteiger partial charge on any atom is 0.352 e. The number of H-pyrrole nitrogens is 1. The van der Waals surface area contributed by atoms with Crippen LogP contribution in [0.5, 0.6) is 11.5 Å². The van der Waals surface area contributed by atoms with E-state index in [4.69, 9.17) is 9.84 Å². The average Bonchev–Trinajstić information content (AvgIpc) is 2.91. The highest BCUT2D eigenvalue weighted by Crippen LogP contribution is 2.33. The maximum absolute atomic E-state index is 11.2. The van der Waals surface area contributed by atoms with Gasteiger partial charge in [0, 0.05) is 11.6 Å². The molecule has 8 nitrogen and oxygen atoms in total. The SMILES string of the molecule is O=C(O)c1cc2cc(Oc3cccnc3)cc([N+](=O)[O-])c2[nH]1. The molecule has 0 radical (unpaired) electrons. The fourth-order valence-corrected chi connectivity index (χ4v) is 2.06. The first kappa shape index (κ1) is 13.6. The molecule has 2 N–H and O–H groups in total. The van der Waals surface area contributed by atoms with Crippen molar-refractivity contribution < 1.29 is 19.6 Å². The Balaban J connectivity index is 2.12. The topological polar surface area (TPSA) is 118 Å². The lowest BCUT2D eigenvalue weighted by molar-refractivity contribution is -0.383. The number of ether oxygens (including phenoxy) is 1. The van der Waals surface area contributed by atoms with Crippen LogP contribution in [-0.4, -0.2) is 26.0 Å². The van der Waals surface area contributed by atoms with Crippen molar-refractivity contribution in [2.75, 3.05) is 0 Å². The average molecular weight is 299 g/mol. The van der Waals surface area contributed by atoms with Crippen molar-refractivity contribution in [2.45, 2.75) is 0 Å². The number of hydrogen-bond donors (Lipinski definition) is 2. The van der Waals surface area contributed by atoms with Gasteiger partial charge in [0.1, 0.15) is 22.7 Å². The van der Waals surface area contributed by atoms with Crippen LogP contribution < -0.4 is 4.74 Å². The number of benzene rings is 1. The van der Waals surface area contributed by atoms with Gasteiger partial charge in [0.25, 0.3) is 5.69 Å². The van der Waals surface area contributed by atoms with Crippen molar-refractivity contribution in [3.8, 4) is 11.5 Å². The van der Waals surface area contributed by atoms with Gasteiger partial charge >= 0.3 is 5.97 Å². The summed E-state index contributed by atoms with van der Waals surface area (Å²) in [4.78, 5) is 28.0. The van der Waals surface area contributed by atoms with Gasteiger partial charge in [-0.3, -0.25) is 15.1 Å². The summed E-state index contributed by atoms with van der Waals surface area (Å²) in [5, 5.41) is 20.5. The summed E-state index contributed by atoms with van der Waals surface area (Å²) >= 11 is 0. The molecule has 2 heterocycles. The zero-order valence-corrected chi connectivity index (χ0v) is 11.0. The lowest BCUT2D eigenvalue weighted by Gasteiger charge is -2.05. The number of fused-ring (bicyclic) bond motifs is 1. The predicted octanol–water partition coefficient (Wildman–Crippen LogP) is 2.96. The number of nitro groups is 1. The second-order valence-electron chi connectivity index (χ2n) is 4.44. The second kappa shape index (κ2) is 5.17. The number of nitrogens with one attached hydrogen (secondary N) is 1. The molecule has 0 aliphatic heterocycles. The fraction of sp³-hybridized carbons (Fsp3) is 0. The molecule has 0 saturated heterocycles. The van der Waals surface area contributed by atoms with E-state index >= 15 is 0 Å². The number of hydrogen-bond acceptors (Lipinski definition) is 5. The van der Waals surface area contributed by atoms with Gasteiger partial charge in [-0.2, -0.15) is 0 Å². The van der Waals surface area contributed by atoms with Crippen LogP contribution in [0.3, 0.4) is 0 Å². The van der Waals surface area contributed by atoms with E-state index in [-0.39, 0.29) is 22.6 Å². The first-order chi connectivity index (χ1) is 10.5. The summed E-state index contributed by atoms with van der Waals surface area (Å²) in [7, 11) is 0. The molecule has 1 aromatic carbocycles. The molecule has 0 spiro atoms. The number of rotatable bonds is 4. The fourth-order valence-electron chi connectivity index (χ4n) is 2.06. The summed E-state index contributed by atoms with van der Waals surface area (Å²) in [5.74, 6) is -0.548. The number of aromatic carboxylic acids is 1. The highest BCUT2D eigenvalue weighted by Gasteiger charge is 2.19. The Hall–Kier alpha value is -3.42. The van der Waals surface area contributed by atoms with Crippen LogP contribution in [-0.2, 0) is 0 Å². The van der Waals surface area contributed by atoms with Crippen LogP contribution in [0.15, 0.2) is 42.7 Å². The number of nitrogens with zero attached hydrogens (tertiary/aromatic N) is 2. The Labute approximate surface area is 123 Å². The van der Waals surface area contributed by atoms with Gasteiger partial charge < -0.3 is 14.8 Å². The third-order valence-corrected chi connectivity index (χ3v) is 2.98. The van der Waals surface area contributed by atoms with Gasteiger partial charge in [-0.15, -0.1) is 0 Å². The van der Waals surface area contributed by atoms with Crippen LogP contribution in [0.25, 0.3) is 10.9 Å². The Kier molecular flexibility index (Phi) is 3.18. The number of nitro benzene ring substituents is 1. The minimum absolute atomic E-state index is 0.128. The second-order valence-corrected chi connectivity index (χ2v) is 4.44. The molecule has 0 saturated carbocycles. The summed E-state index contributed by atoms with van der Waals surface area (Å²) in [6.45, 7) is 0. The van der Waals surface area contributed by atoms with Gasteiger partial charge in [0.15, 0.2) is 0 Å². The maximum atomic E-state index is 11.2. The first-order valence-electron chi connectivity index (χ1n) is 6.17. The first-order valence-corrected chi connectivity index (χ1v) is 6.17. The summed E-state index contributed by atoms with van der Waals surface area (Å²) in [6.07, 6.45) is 3.04. The van der Waals surface area contributed by atoms with Crippen LogP contribution in [0.1, 0.15) is 10.5 Å². The Bertz CT molecular complexity index is 873. The van der Waals surface area contributed by atoms with Crippen LogP contribution in [0.2, 0.25) is 0 Å². The van der Waals surface area contributed by atoms with E-state index in [1.165, 1.54) is 24.4 Å². The van der Waals surface area contributed by atoms with Crippen molar-refractivity contribution >= 4 is 22.6 Å². The van der Waals surface area contributed by atoms with Gasteiger partial charge in [0.05, 0.1) is 17.2 Å². The van der Waals surface area contributed by atoms with Crippen molar-refractivity contribution in [3.05, 3.63) is 58.5 Å². The largest absolute Gasteiger partial charge is 0.477 e. The third-order valence-electron chi connectivity index (χ3n) is 2.98. The van der Waals surface area contributed by atoms with Gasteiger partial charge in [-0.25, -0.2) is 4.79 Å². The number of carboxylic acids is 1. The van der Waals surface area contributed by atoms with Crippen molar-refractivity contribution in [2.24, 2.45) is 0 Å². The molecule has 8 heteroatoms. The molecular weight excluding hydrogens is 290 g/mol. The van der Waals surface area contributed by atoms with E-state index < -0.39 is 10.9 Å². The molecule has 110 valence electrons. The summed E-state index contributed by atoms with van der Waals surface area (Å²) in [6, 6.07) is 7.40. The smallest absolute Gasteiger partial charge is 0.352 e. The van der Waals surface area contributed by atoms with E-state index in [1.807, 2.05) is 0 Å². The molecule has 3 aromatic rings. The third kappa shape index (κ3) is 2.44. The number of carboxylic acid groups (broad SMARTS) is 1. The van der Waals surface area contributed by atoms with E-state index in [0.29, 0.717) is 11.1 Å². The Morgan fingerprint density at radius 1 is 1.32 bits per heavy atom. The molecular formula is C14H9N3O5. The molecule has 0 amide bonds. The van der Waals surface area contributed by atoms with Crippen LogP contribution in [0, 0.1) is 10.1 Å². The molecule has 0 aliphatic rings. The molecule has 0 unspecified atom stereocenters. The zero-order valence-electron chi connectivity index (χ0n) is 11.0. The number of carbonyl (C=O) groups is 1. The minimum atomic E-state index is -1.19. The van der Waals surface area contributed by atoms with Gasteiger partial charge in [-0.1, -0.05) is 0 Å². The molecule has 3 rings (SSSR count). The number of non-ortho nitro benzene ring substituents is 1. The van der Waals surface area contributed by atoms with E-state index in [0.717, 1.165) is 0 Å². The number of aromatic amines is 1. The summed E-state index contributed by atoms with van der Waals surface area (Å²) < 4.78 is 5.52. The quantitative estimate of drug-likeness (QED) is 0.564. The van der Waals surface area contributed by atoms with Gasteiger partial charge in [-0.05, 0) is 24.3 Å². The Morgan fingerprint density at radius 2 is 2.14 bits per heavy atom. The monoisotopic (exact) mass is 299 g/mol. The normalized spacial score (nSPS) is 10.5. The summed E-state index contributed by atoms with van der Waals surface area (Å²) in [5.41, 5.74) is -0.249. The molecule has 0 fully saturated rings. The lowest BCUT2D eigenvalue weighted by Crippen LogP contribution is -1.95. The standard InChI is InChI=1S/C14H9N3O5/c18-14(19)11-5-8-4-10(22-9-2-1-3-15-7-9)6-12(17(20)21)13(8)16-11/h1-7,16H,(H,18,19). The predicted molar refractivity (Wildman–Crippen MR) is 76.2 cm³/mol. The van der Waals surface area contributed by atoms with Gasteiger partial charge in [0.2, 0.25) is 0 Å². The highest BCUT2D eigenvalue weighted by molar-refractivity contribution is 5.97. The zero-order chi connectivity index (χ0) is 15.7. The number of aromatic nitrogens is 2. The minimum Gasteiger partial charge on any atom is -0.477 e.